The number of rotatable bonds is 10. The van der Waals surface area contributed by atoms with E-state index < -0.39 is 10.1 Å². The molecule has 2 aromatic carbocycles. The van der Waals surface area contributed by atoms with E-state index in [0.717, 1.165) is 24.7 Å². The van der Waals surface area contributed by atoms with Gasteiger partial charge in [0.2, 0.25) is 5.91 Å². The van der Waals surface area contributed by atoms with Crippen molar-refractivity contribution in [1.29, 1.82) is 0 Å². The Labute approximate surface area is 172 Å². The lowest BCUT2D eigenvalue weighted by Gasteiger charge is -2.23. The van der Waals surface area contributed by atoms with Gasteiger partial charge in [0.05, 0.1) is 6.26 Å². The molecule has 1 fully saturated rings. The van der Waals surface area contributed by atoms with Crippen molar-refractivity contribution in [2.24, 2.45) is 5.92 Å². The van der Waals surface area contributed by atoms with Crippen molar-refractivity contribution in [1.82, 2.24) is 4.90 Å². The van der Waals surface area contributed by atoms with Crippen LogP contribution in [0.15, 0.2) is 54.6 Å². The van der Waals surface area contributed by atoms with Crippen LogP contribution in [0.3, 0.4) is 0 Å². The largest absolute Gasteiger partial charge is 0.385 e. The molecule has 0 spiro atoms. The molecule has 0 N–H and O–H groups in total. The zero-order valence-corrected chi connectivity index (χ0v) is 17.6. The fraction of sp³-hybridized carbons (Fsp3) is 0.409. The summed E-state index contributed by atoms with van der Waals surface area (Å²) in [5, 5.41) is 0. The molecule has 0 heterocycles. The van der Waals surface area contributed by atoms with Crippen molar-refractivity contribution in [3.63, 3.8) is 0 Å². The van der Waals surface area contributed by atoms with Crippen molar-refractivity contribution in [3.8, 4) is 5.75 Å². The van der Waals surface area contributed by atoms with Gasteiger partial charge in [-0.25, -0.2) is 0 Å². The predicted octanol–water partition coefficient (Wildman–Crippen LogP) is 3.19. The summed E-state index contributed by atoms with van der Waals surface area (Å²) >= 11 is 0. The molecule has 2 atom stereocenters. The number of methoxy groups -OCH3 is 1. The van der Waals surface area contributed by atoms with Gasteiger partial charge in [-0.15, -0.1) is 0 Å². The normalized spacial score (nSPS) is 18.3. The van der Waals surface area contributed by atoms with Crippen LogP contribution >= 0.6 is 0 Å². The molecule has 1 saturated carbocycles. The van der Waals surface area contributed by atoms with Gasteiger partial charge in [0.1, 0.15) is 5.75 Å². The fourth-order valence-corrected chi connectivity index (χ4v) is 3.94. The highest BCUT2D eigenvalue weighted by Gasteiger charge is 2.45. The summed E-state index contributed by atoms with van der Waals surface area (Å²) in [5.74, 6) is 0.734. The lowest BCUT2D eigenvalue weighted by atomic mass is 10.1. The van der Waals surface area contributed by atoms with Crippen LogP contribution in [0.25, 0.3) is 0 Å². The number of nitrogens with zero attached hydrogens (tertiary/aromatic N) is 1. The average molecular weight is 418 g/mol. The Morgan fingerprint density at radius 2 is 1.79 bits per heavy atom. The van der Waals surface area contributed by atoms with Gasteiger partial charge >= 0.3 is 10.1 Å². The van der Waals surface area contributed by atoms with Crippen LogP contribution in [0.4, 0.5) is 0 Å². The van der Waals surface area contributed by atoms with Gasteiger partial charge in [-0.05, 0) is 42.0 Å². The first-order valence-electron chi connectivity index (χ1n) is 9.68. The first kappa shape index (κ1) is 21.3. The van der Waals surface area contributed by atoms with Gasteiger partial charge in [-0.1, -0.05) is 42.5 Å². The minimum absolute atomic E-state index is 0.0211. The van der Waals surface area contributed by atoms with E-state index in [1.54, 1.807) is 31.4 Å². The third-order valence-electron chi connectivity index (χ3n) is 4.97. The topological polar surface area (TPSA) is 72.9 Å². The number of hydrogen-bond acceptors (Lipinski definition) is 5. The van der Waals surface area contributed by atoms with Gasteiger partial charge in [0, 0.05) is 32.7 Å². The summed E-state index contributed by atoms with van der Waals surface area (Å²) in [6, 6.07) is 16.9. The smallest absolute Gasteiger partial charge is 0.306 e. The van der Waals surface area contributed by atoms with Crippen LogP contribution in [0.1, 0.15) is 29.9 Å². The summed E-state index contributed by atoms with van der Waals surface area (Å²) in [7, 11) is -1.90. The molecule has 1 amide bonds. The number of carbonyl (C=O) groups is 1. The molecular formula is C22H27NO5S. The molecule has 0 bridgehead atoms. The molecule has 0 saturated heterocycles. The second-order valence-electron chi connectivity index (χ2n) is 7.40. The lowest BCUT2D eigenvalue weighted by Crippen LogP contribution is -2.33. The van der Waals surface area contributed by atoms with E-state index in [-0.39, 0.29) is 17.6 Å². The molecule has 1 aliphatic rings. The number of amides is 1. The van der Waals surface area contributed by atoms with Gasteiger partial charge < -0.3 is 13.8 Å². The van der Waals surface area contributed by atoms with Crippen LogP contribution in [-0.4, -0.2) is 45.7 Å². The Morgan fingerprint density at radius 3 is 2.41 bits per heavy atom. The van der Waals surface area contributed by atoms with Crippen molar-refractivity contribution in [3.05, 3.63) is 65.7 Å². The molecule has 29 heavy (non-hydrogen) atoms. The highest BCUT2D eigenvalue weighted by atomic mass is 32.2. The summed E-state index contributed by atoms with van der Waals surface area (Å²) < 4.78 is 32.5. The molecule has 3 rings (SSSR count). The number of benzene rings is 2. The molecule has 0 unspecified atom stereocenters. The van der Waals surface area contributed by atoms with E-state index >= 15 is 0 Å². The quantitative estimate of drug-likeness (QED) is 0.438. The average Bonchev–Trinajstić information content (AvgIpc) is 3.49. The van der Waals surface area contributed by atoms with Gasteiger partial charge in [0.25, 0.3) is 0 Å². The first-order valence-corrected chi connectivity index (χ1v) is 11.5. The van der Waals surface area contributed by atoms with Gasteiger partial charge in [-0.2, -0.15) is 8.42 Å². The maximum atomic E-state index is 13.1. The van der Waals surface area contributed by atoms with Crippen molar-refractivity contribution in [2.45, 2.75) is 25.3 Å². The lowest BCUT2D eigenvalue weighted by molar-refractivity contribution is -0.133. The Kier molecular flexibility index (Phi) is 6.92. The number of hydrogen-bond donors (Lipinski definition) is 0. The third kappa shape index (κ3) is 6.30. The molecule has 0 aromatic heterocycles. The second-order valence-corrected chi connectivity index (χ2v) is 8.97. The van der Waals surface area contributed by atoms with E-state index in [4.69, 9.17) is 8.92 Å². The molecule has 7 heteroatoms. The molecule has 0 aliphatic heterocycles. The van der Waals surface area contributed by atoms with Crippen molar-refractivity contribution in [2.75, 3.05) is 26.5 Å². The highest BCUT2D eigenvalue weighted by molar-refractivity contribution is 7.86. The zero-order chi connectivity index (χ0) is 20.9. The SMILES string of the molecule is COCCCN(Cc1ccc(OS(C)(=O)=O)cc1)C(=O)[C@@H]1C[C@H]1c1ccccc1. The van der Waals surface area contributed by atoms with Crippen LogP contribution < -0.4 is 4.18 Å². The molecular weight excluding hydrogens is 390 g/mol. The fourth-order valence-electron chi connectivity index (χ4n) is 3.48. The molecule has 156 valence electrons. The van der Waals surface area contributed by atoms with Crippen LogP contribution in [-0.2, 0) is 26.2 Å². The zero-order valence-electron chi connectivity index (χ0n) is 16.8. The van der Waals surface area contributed by atoms with E-state index in [1.165, 1.54) is 5.56 Å². The molecule has 1 aliphatic carbocycles. The van der Waals surface area contributed by atoms with Gasteiger partial charge in [-0.3, -0.25) is 4.79 Å². The molecule has 2 aromatic rings. The van der Waals surface area contributed by atoms with Crippen molar-refractivity contribution >= 4 is 16.0 Å². The Hall–Kier alpha value is -2.38. The maximum absolute atomic E-state index is 13.1. The maximum Gasteiger partial charge on any atom is 0.306 e. The van der Waals surface area contributed by atoms with Crippen LogP contribution in [0.5, 0.6) is 5.75 Å². The Morgan fingerprint density at radius 1 is 1.10 bits per heavy atom. The van der Waals surface area contributed by atoms with E-state index in [1.807, 2.05) is 23.1 Å². The first-order chi connectivity index (χ1) is 13.9. The summed E-state index contributed by atoms with van der Waals surface area (Å²) in [6.45, 7) is 1.68. The van der Waals surface area contributed by atoms with Gasteiger partial charge in [0.15, 0.2) is 0 Å². The summed E-state index contributed by atoms with van der Waals surface area (Å²) in [5.41, 5.74) is 2.14. The molecule has 6 nitrogen and oxygen atoms in total. The highest BCUT2D eigenvalue weighted by Crippen LogP contribution is 2.48. The summed E-state index contributed by atoms with van der Waals surface area (Å²) in [6.07, 6.45) is 2.65. The molecule has 0 radical (unpaired) electrons. The monoisotopic (exact) mass is 417 g/mol. The number of ether oxygens (including phenoxy) is 1. The van der Waals surface area contributed by atoms with E-state index in [0.29, 0.717) is 25.6 Å². The third-order valence-corrected chi connectivity index (χ3v) is 5.46. The van der Waals surface area contributed by atoms with Crippen LogP contribution in [0.2, 0.25) is 0 Å². The Bertz CT molecular complexity index is 912. The minimum Gasteiger partial charge on any atom is -0.385 e. The van der Waals surface area contributed by atoms with E-state index in [2.05, 4.69) is 12.1 Å². The summed E-state index contributed by atoms with van der Waals surface area (Å²) in [4.78, 5) is 15.0. The van der Waals surface area contributed by atoms with Crippen molar-refractivity contribution < 1.29 is 22.1 Å². The Balaban J connectivity index is 1.66. The second kappa shape index (κ2) is 9.41. The van der Waals surface area contributed by atoms with E-state index in [9.17, 15) is 13.2 Å². The number of carbonyl (C=O) groups excluding carboxylic acids is 1. The van der Waals surface area contributed by atoms with Crippen LogP contribution in [0, 0.1) is 5.92 Å². The minimum atomic E-state index is -3.56. The standard InChI is InChI=1S/C22H27NO5S/c1-27-14-6-13-23(16-17-9-11-19(12-10-17)28-29(2,25)26)22(24)21-15-20(21)18-7-4-3-5-8-18/h3-5,7-12,20-21H,6,13-16H2,1-2H3/t20-,21+/m0/s1. The predicted molar refractivity (Wildman–Crippen MR) is 111 cm³/mol.